The Bertz CT molecular complexity index is 1990. The molecule has 0 saturated carbocycles. The number of ether oxygens (including phenoxy) is 7. The molecule has 0 bridgehead atoms. The lowest BCUT2D eigenvalue weighted by atomic mass is 9.97. The van der Waals surface area contributed by atoms with Crippen LogP contribution in [0.4, 0.5) is 32.4 Å². The van der Waals surface area contributed by atoms with Crippen LogP contribution < -0.4 is 20.1 Å². The molecule has 1 aliphatic heterocycles. The minimum absolute atomic E-state index is 0.0456. The summed E-state index contributed by atoms with van der Waals surface area (Å²) in [7, 11) is -4.40. The van der Waals surface area contributed by atoms with Crippen molar-refractivity contribution in [1.29, 1.82) is 0 Å². The van der Waals surface area contributed by atoms with E-state index in [1.54, 1.807) is 29.9 Å². The zero-order chi connectivity index (χ0) is 46.8. The zero-order valence-electron chi connectivity index (χ0n) is 34.5. The molecule has 1 saturated heterocycles. The van der Waals surface area contributed by atoms with E-state index in [9.17, 15) is 51.4 Å². The minimum atomic E-state index is -4.40. The van der Waals surface area contributed by atoms with Gasteiger partial charge in [0, 0.05) is 18.4 Å². The number of unbranched alkanes of at least 4 members (excludes halogenated alkanes) is 1. The molecule has 2 heterocycles. The maximum atomic E-state index is 13.6. The van der Waals surface area contributed by atoms with Gasteiger partial charge in [-0.3, -0.25) is 9.36 Å². The molecule has 1 aliphatic rings. The van der Waals surface area contributed by atoms with Gasteiger partial charge in [-0.15, -0.1) is 5.10 Å². The fourth-order valence-corrected chi connectivity index (χ4v) is 6.41. The fraction of sp³-hybridized carbons (Fsp3) is 0.579. The summed E-state index contributed by atoms with van der Waals surface area (Å²) in [5.74, 6) is -14.0. The molecule has 7 N–H and O–H groups in total. The average molecular weight is 944 g/mol. The normalized spacial score (nSPS) is 18.8. The Morgan fingerprint density at radius 3 is 2.06 bits per heavy atom. The minimum Gasteiger partial charge on any atom is -0.462 e. The predicted molar refractivity (Wildman–Crippen MR) is 210 cm³/mol. The van der Waals surface area contributed by atoms with Crippen molar-refractivity contribution in [1.82, 2.24) is 20.3 Å². The first-order valence-corrected chi connectivity index (χ1v) is 21.7. The molecule has 0 radical (unpaired) electrons. The highest BCUT2D eigenvalue weighted by Crippen LogP contribution is 2.38. The van der Waals surface area contributed by atoms with Crippen LogP contribution in [0.15, 0.2) is 24.4 Å². The van der Waals surface area contributed by atoms with Crippen molar-refractivity contribution in [3.05, 3.63) is 64.7 Å². The summed E-state index contributed by atoms with van der Waals surface area (Å²) in [4.78, 5) is 42.5. The molecule has 5 atom stereocenters. The summed E-state index contributed by atoms with van der Waals surface area (Å²) in [6, 6.07) is 4.23. The summed E-state index contributed by atoms with van der Waals surface area (Å²) in [6.45, 7) is 3.92. The number of anilines is 1. The maximum absolute atomic E-state index is 13.6. The van der Waals surface area contributed by atoms with Crippen molar-refractivity contribution in [2.75, 3.05) is 70.9 Å². The van der Waals surface area contributed by atoms with Crippen LogP contribution >= 0.6 is 7.60 Å². The lowest BCUT2D eigenvalue weighted by molar-refractivity contribution is -0.272. The van der Waals surface area contributed by atoms with Crippen molar-refractivity contribution in [3.63, 3.8) is 0 Å². The molecule has 20 nitrogen and oxygen atoms in total. The van der Waals surface area contributed by atoms with E-state index in [0.717, 1.165) is 12.1 Å². The third kappa shape index (κ3) is 16.9. The van der Waals surface area contributed by atoms with Crippen molar-refractivity contribution < 1.29 is 94.4 Å². The van der Waals surface area contributed by atoms with E-state index in [2.05, 4.69) is 25.7 Å². The van der Waals surface area contributed by atoms with Crippen LogP contribution in [0.3, 0.4) is 0 Å². The van der Waals surface area contributed by atoms with Crippen LogP contribution in [0.1, 0.15) is 36.9 Å². The highest BCUT2D eigenvalue weighted by atomic mass is 31.2. The second-order valence-electron chi connectivity index (χ2n) is 14.2. The number of aliphatic hydroxyl groups excluding tert-OH is 3. The Morgan fingerprint density at radius 1 is 0.828 bits per heavy atom. The van der Waals surface area contributed by atoms with Gasteiger partial charge in [-0.1, -0.05) is 5.21 Å². The lowest BCUT2D eigenvalue weighted by Gasteiger charge is -2.40. The van der Waals surface area contributed by atoms with Crippen LogP contribution in [0.2, 0.25) is 0 Å². The number of benzene rings is 2. The number of carbonyl (C=O) groups is 2. The van der Waals surface area contributed by atoms with E-state index >= 15 is 0 Å². The number of rotatable bonds is 27. The van der Waals surface area contributed by atoms with E-state index < -0.39 is 97.7 Å². The number of hydrogen-bond donors (Lipinski definition) is 7. The van der Waals surface area contributed by atoms with Crippen molar-refractivity contribution >= 4 is 25.3 Å². The number of aliphatic hydroxyl groups is 3. The van der Waals surface area contributed by atoms with E-state index in [0.29, 0.717) is 57.0 Å². The number of aryl methyl sites for hydroxylation is 2. The van der Waals surface area contributed by atoms with Gasteiger partial charge in [0.05, 0.1) is 83.8 Å². The van der Waals surface area contributed by atoms with Gasteiger partial charge in [0.25, 0.3) is 0 Å². The van der Waals surface area contributed by atoms with Gasteiger partial charge in [-0.2, -0.15) is 8.78 Å². The summed E-state index contributed by atoms with van der Waals surface area (Å²) in [5, 5.41) is 44.5. The van der Waals surface area contributed by atoms with Crippen molar-refractivity contribution in [3.8, 4) is 11.5 Å². The molecule has 0 spiro atoms. The van der Waals surface area contributed by atoms with Crippen molar-refractivity contribution in [2.24, 2.45) is 0 Å². The molecule has 1 fully saturated rings. The smallest absolute Gasteiger partial charge is 0.325 e. The highest BCUT2D eigenvalue weighted by molar-refractivity contribution is 7.51. The van der Waals surface area contributed by atoms with Crippen LogP contribution in [-0.2, 0) is 46.0 Å². The predicted octanol–water partition coefficient (Wildman–Crippen LogP) is 2.24. The standard InChI is InChI=1S/C38H51F5N5O15P/c1-22-20-23(5-6-25(22)61-37-35(52)34(51)33(50)26(62-37)8-19-64(54,55)56)45-38(53)44-9-3-2-4-24-21-48(47-46-24)10-12-58-14-16-60-18-17-59-15-13-57-11-7-27(49)63-36-31(42)29(40)28(39)30(41)32(36)43/h5-6,20-21,26,33-35,37,50-52H,2-4,7-19H2,1H3,(H2,44,45,53)(H2,54,55,56)/t26-,33-,34+,35+,37+/m1/s1. The highest BCUT2D eigenvalue weighted by Gasteiger charge is 2.45. The molecule has 0 aliphatic carbocycles. The first-order valence-electron chi connectivity index (χ1n) is 19.9. The summed E-state index contributed by atoms with van der Waals surface area (Å²) in [5.41, 5.74) is 1.76. The Morgan fingerprint density at radius 2 is 1.44 bits per heavy atom. The third-order valence-electron chi connectivity index (χ3n) is 9.20. The Kier molecular flexibility index (Phi) is 21.2. The van der Waals surface area contributed by atoms with E-state index in [4.69, 9.17) is 38.2 Å². The summed E-state index contributed by atoms with van der Waals surface area (Å²) >= 11 is 0. The van der Waals surface area contributed by atoms with Crippen molar-refractivity contribution in [2.45, 2.75) is 76.3 Å². The Hall–Kier alpha value is -4.40. The molecule has 2 aromatic carbocycles. The van der Waals surface area contributed by atoms with Crippen LogP contribution in [0.5, 0.6) is 11.5 Å². The molecule has 26 heteroatoms. The van der Waals surface area contributed by atoms with Gasteiger partial charge >= 0.3 is 19.6 Å². The second kappa shape index (κ2) is 25.9. The Balaban J connectivity index is 0.972. The Labute approximate surface area is 363 Å². The van der Waals surface area contributed by atoms with Crippen LogP contribution in [0, 0.1) is 36.0 Å². The topological polar surface area (TPSA) is 272 Å². The number of amides is 2. The fourth-order valence-electron chi connectivity index (χ4n) is 5.82. The number of esters is 1. The van der Waals surface area contributed by atoms with Gasteiger partial charge in [0.2, 0.25) is 41.1 Å². The SMILES string of the molecule is Cc1cc(NC(=O)NCCCCc2cn(CCOCCOCCOCCOCCC(=O)Oc3c(F)c(F)c(F)c(F)c3F)nn2)ccc1O[C@H]1O[C@H](CCP(=O)(O)O)[C@@H](O)[C@H](O)[C@@H]1O. The van der Waals surface area contributed by atoms with Gasteiger partial charge in [-0.05, 0) is 56.4 Å². The summed E-state index contributed by atoms with van der Waals surface area (Å²) < 4.78 is 117. The van der Waals surface area contributed by atoms with Gasteiger partial charge < -0.3 is 68.9 Å². The molecule has 64 heavy (non-hydrogen) atoms. The van der Waals surface area contributed by atoms with Gasteiger partial charge in [0.1, 0.15) is 24.1 Å². The van der Waals surface area contributed by atoms with E-state index in [-0.39, 0.29) is 45.2 Å². The van der Waals surface area contributed by atoms with Crippen LogP contribution in [-0.4, -0.2) is 148 Å². The number of nitrogens with one attached hydrogen (secondary N) is 2. The number of carbonyl (C=O) groups excluding carboxylic acids is 2. The van der Waals surface area contributed by atoms with E-state index in [1.807, 2.05) is 0 Å². The molecular formula is C38H51F5N5O15P. The molecule has 0 unspecified atom stereocenters. The number of aromatic nitrogens is 3. The molecule has 2 amide bonds. The molecule has 4 rings (SSSR count). The lowest BCUT2D eigenvalue weighted by Crippen LogP contribution is -2.59. The van der Waals surface area contributed by atoms with E-state index in [1.165, 1.54) is 6.07 Å². The average Bonchev–Trinajstić information content (AvgIpc) is 3.71. The number of nitrogens with zero attached hydrogens (tertiary/aromatic N) is 3. The quantitative estimate of drug-likeness (QED) is 0.0110. The molecule has 358 valence electrons. The third-order valence-corrected chi connectivity index (χ3v) is 10.0. The largest absolute Gasteiger partial charge is 0.462 e. The molecule has 1 aromatic heterocycles. The molecule has 3 aromatic rings. The number of halogens is 5. The van der Waals surface area contributed by atoms with Crippen LogP contribution in [0.25, 0.3) is 0 Å². The zero-order valence-corrected chi connectivity index (χ0v) is 35.4. The summed E-state index contributed by atoms with van der Waals surface area (Å²) in [6.07, 6.45) is -5.12. The van der Waals surface area contributed by atoms with Gasteiger partial charge in [-0.25, -0.2) is 22.6 Å². The maximum Gasteiger partial charge on any atom is 0.325 e. The number of urea groups is 1. The first kappa shape index (κ1) is 52.2. The van der Waals surface area contributed by atoms with Gasteiger partial charge in [0.15, 0.2) is 0 Å². The first-order chi connectivity index (χ1) is 30.4. The monoisotopic (exact) mass is 943 g/mol. The second-order valence-corrected chi connectivity index (χ2v) is 15.9. The molecular weight excluding hydrogens is 892 g/mol. The number of hydrogen-bond acceptors (Lipinski definition) is 15.